The number of carbonyl (C=O) groups excluding carboxylic acids is 1. The fourth-order valence-corrected chi connectivity index (χ4v) is 4.60. The first kappa shape index (κ1) is 22.0. The maximum atomic E-state index is 12.7. The Morgan fingerprint density at radius 3 is 2.81 bits per heavy atom. The van der Waals surface area contributed by atoms with Crippen molar-refractivity contribution in [3.05, 3.63) is 46.5 Å². The van der Waals surface area contributed by atoms with Crippen LogP contribution in [-0.2, 0) is 11.3 Å². The summed E-state index contributed by atoms with van der Waals surface area (Å²) in [4.78, 5) is 19.1. The molecule has 1 atom stereocenters. The third kappa shape index (κ3) is 5.34. The van der Waals surface area contributed by atoms with E-state index in [4.69, 9.17) is 27.6 Å². The van der Waals surface area contributed by atoms with Crippen LogP contribution in [-0.4, -0.2) is 44.0 Å². The number of pyridine rings is 1. The van der Waals surface area contributed by atoms with Gasteiger partial charge in [0.05, 0.1) is 28.1 Å². The SMILES string of the molecule is CC(Sc1nnc(N2CCCCC2)n1Cc1ccco1)C(=O)Nc1ncc(Cl)cc1Cl. The molecule has 1 aliphatic rings. The zero-order valence-electron chi connectivity index (χ0n) is 16.9. The van der Waals surface area contributed by atoms with Gasteiger partial charge < -0.3 is 14.6 Å². The quantitative estimate of drug-likeness (QED) is 0.488. The second-order valence-electron chi connectivity index (χ2n) is 7.23. The number of carbonyl (C=O) groups is 1. The van der Waals surface area contributed by atoms with Gasteiger partial charge >= 0.3 is 0 Å². The number of hydrogen-bond acceptors (Lipinski definition) is 7. The largest absolute Gasteiger partial charge is 0.467 e. The van der Waals surface area contributed by atoms with Gasteiger partial charge in [0, 0.05) is 19.3 Å². The van der Waals surface area contributed by atoms with E-state index in [9.17, 15) is 4.79 Å². The number of amides is 1. The lowest BCUT2D eigenvalue weighted by atomic mass is 10.1. The van der Waals surface area contributed by atoms with Crippen LogP contribution in [0, 0.1) is 0 Å². The Bertz CT molecular complexity index is 1040. The Hall–Kier alpha value is -2.23. The van der Waals surface area contributed by atoms with Gasteiger partial charge in [-0.15, -0.1) is 10.2 Å². The first-order chi connectivity index (χ1) is 15.0. The average molecular weight is 481 g/mol. The summed E-state index contributed by atoms with van der Waals surface area (Å²) < 4.78 is 7.55. The van der Waals surface area contributed by atoms with Crippen LogP contribution in [0.2, 0.25) is 10.0 Å². The number of piperidine rings is 1. The van der Waals surface area contributed by atoms with Crippen molar-refractivity contribution in [1.29, 1.82) is 0 Å². The van der Waals surface area contributed by atoms with Crippen molar-refractivity contribution >= 4 is 52.6 Å². The highest BCUT2D eigenvalue weighted by Gasteiger charge is 2.25. The third-order valence-electron chi connectivity index (χ3n) is 4.93. The number of rotatable bonds is 7. The van der Waals surface area contributed by atoms with Gasteiger partial charge in [0.1, 0.15) is 5.76 Å². The van der Waals surface area contributed by atoms with Crippen LogP contribution in [0.15, 0.2) is 40.2 Å². The fourth-order valence-electron chi connectivity index (χ4n) is 3.33. The number of hydrogen-bond donors (Lipinski definition) is 1. The average Bonchev–Trinajstić information content (AvgIpc) is 3.41. The number of anilines is 2. The Labute approximate surface area is 194 Å². The molecule has 1 fully saturated rings. The summed E-state index contributed by atoms with van der Waals surface area (Å²) in [5.41, 5.74) is 0. The van der Waals surface area contributed by atoms with E-state index in [1.54, 1.807) is 13.2 Å². The number of aromatic nitrogens is 4. The molecule has 0 spiro atoms. The smallest absolute Gasteiger partial charge is 0.238 e. The van der Waals surface area contributed by atoms with E-state index in [-0.39, 0.29) is 16.7 Å². The summed E-state index contributed by atoms with van der Waals surface area (Å²) in [6.45, 7) is 4.18. The number of nitrogens with one attached hydrogen (secondary N) is 1. The zero-order valence-corrected chi connectivity index (χ0v) is 19.3. The normalized spacial score (nSPS) is 15.1. The molecule has 0 aliphatic carbocycles. The molecule has 0 radical (unpaired) electrons. The van der Waals surface area contributed by atoms with Crippen LogP contribution in [0.1, 0.15) is 31.9 Å². The lowest BCUT2D eigenvalue weighted by Gasteiger charge is -2.27. The van der Waals surface area contributed by atoms with E-state index in [0.29, 0.717) is 16.7 Å². The lowest BCUT2D eigenvalue weighted by Crippen LogP contribution is -2.32. The standard InChI is InChI=1S/C20H22Cl2N6O2S/c1-13(18(29)24-17-16(22)10-14(21)11-23-17)31-20-26-25-19(27-7-3-2-4-8-27)28(20)12-15-6-5-9-30-15/h5-6,9-11,13H,2-4,7-8,12H2,1H3,(H,23,24,29). The van der Waals surface area contributed by atoms with Gasteiger partial charge in [-0.3, -0.25) is 9.36 Å². The fraction of sp³-hybridized carbons (Fsp3) is 0.400. The molecule has 11 heteroatoms. The Kier molecular flexibility index (Phi) is 7.04. The minimum absolute atomic E-state index is 0.242. The lowest BCUT2D eigenvalue weighted by molar-refractivity contribution is -0.115. The number of thioether (sulfide) groups is 1. The van der Waals surface area contributed by atoms with E-state index < -0.39 is 5.25 Å². The second-order valence-corrected chi connectivity index (χ2v) is 9.38. The summed E-state index contributed by atoms with van der Waals surface area (Å²) in [7, 11) is 0. The van der Waals surface area contributed by atoms with E-state index in [1.807, 2.05) is 16.7 Å². The highest BCUT2D eigenvalue weighted by Crippen LogP contribution is 2.29. The van der Waals surface area contributed by atoms with Gasteiger partial charge in [-0.1, -0.05) is 35.0 Å². The molecule has 4 rings (SSSR count). The van der Waals surface area contributed by atoms with Gasteiger partial charge in [-0.05, 0) is 44.4 Å². The molecule has 164 valence electrons. The van der Waals surface area contributed by atoms with Crippen molar-refractivity contribution in [3.63, 3.8) is 0 Å². The Morgan fingerprint density at radius 2 is 2.10 bits per heavy atom. The summed E-state index contributed by atoms with van der Waals surface area (Å²) in [6.07, 6.45) is 6.56. The Balaban J connectivity index is 1.52. The highest BCUT2D eigenvalue weighted by atomic mass is 35.5. The minimum atomic E-state index is -0.456. The highest BCUT2D eigenvalue weighted by molar-refractivity contribution is 8.00. The number of nitrogens with zero attached hydrogens (tertiary/aromatic N) is 5. The zero-order chi connectivity index (χ0) is 21.8. The molecular formula is C20H22Cl2N6O2S. The van der Waals surface area contributed by atoms with Crippen LogP contribution in [0.5, 0.6) is 0 Å². The summed E-state index contributed by atoms with van der Waals surface area (Å²) >= 11 is 13.3. The predicted octanol–water partition coefficient (Wildman–Crippen LogP) is 4.73. The monoisotopic (exact) mass is 480 g/mol. The maximum Gasteiger partial charge on any atom is 0.238 e. The van der Waals surface area contributed by atoms with Crippen molar-refractivity contribution in [3.8, 4) is 0 Å². The van der Waals surface area contributed by atoms with Crippen molar-refractivity contribution in [1.82, 2.24) is 19.7 Å². The maximum absolute atomic E-state index is 12.7. The molecule has 0 saturated carbocycles. The van der Waals surface area contributed by atoms with Crippen LogP contribution in [0.4, 0.5) is 11.8 Å². The molecular weight excluding hydrogens is 459 g/mol. The van der Waals surface area contributed by atoms with Gasteiger partial charge in [0.15, 0.2) is 11.0 Å². The third-order valence-corrected chi connectivity index (χ3v) is 6.51. The molecule has 8 nitrogen and oxygen atoms in total. The molecule has 1 unspecified atom stereocenters. The minimum Gasteiger partial charge on any atom is -0.467 e. The van der Waals surface area contributed by atoms with Crippen molar-refractivity contribution < 1.29 is 9.21 Å². The molecule has 1 aliphatic heterocycles. The first-order valence-electron chi connectivity index (χ1n) is 10.0. The van der Waals surface area contributed by atoms with Crippen molar-refractivity contribution in [2.24, 2.45) is 0 Å². The van der Waals surface area contributed by atoms with E-state index in [1.165, 1.54) is 30.4 Å². The van der Waals surface area contributed by atoms with Gasteiger partial charge in [-0.25, -0.2) is 4.98 Å². The van der Waals surface area contributed by atoms with E-state index >= 15 is 0 Å². The summed E-state index contributed by atoms with van der Waals surface area (Å²) in [5.74, 6) is 1.63. The van der Waals surface area contributed by atoms with Gasteiger partial charge in [-0.2, -0.15) is 0 Å². The number of halogens is 2. The topological polar surface area (TPSA) is 89.1 Å². The van der Waals surface area contributed by atoms with E-state index in [2.05, 4.69) is 25.4 Å². The van der Waals surface area contributed by atoms with Crippen molar-refractivity contribution in [2.75, 3.05) is 23.3 Å². The molecule has 0 bridgehead atoms. The molecule has 1 N–H and O–H groups in total. The molecule has 1 amide bonds. The summed E-state index contributed by atoms with van der Waals surface area (Å²) in [5, 5.41) is 12.4. The molecule has 31 heavy (non-hydrogen) atoms. The predicted molar refractivity (Wildman–Crippen MR) is 122 cm³/mol. The van der Waals surface area contributed by atoms with Crippen LogP contribution in [0.25, 0.3) is 0 Å². The second kappa shape index (κ2) is 9.93. The molecule has 3 aromatic heterocycles. The molecule has 1 saturated heterocycles. The van der Waals surface area contributed by atoms with Gasteiger partial charge in [0.25, 0.3) is 0 Å². The van der Waals surface area contributed by atoms with Crippen LogP contribution < -0.4 is 10.2 Å². The van der Waals surface area contributed by atoms with Crippen LogP contribution >= 0.6 is 35.0 Å². The molecule has 0 aromatic carbocycles. The molecule has 3 aromatic rings. The number of furan rings is 1. The summed E-state index contributed by atoms with van der Waals surface area (Å²) in [6, 6.07) is 5.30. The first-order valence-corrected chi connectivity index (χ1v) is 11.6. The van der Waals surface area contributed by atoms with Gasteiger partial charge in [0.2, 0.25) is 11.9 Å². The molecule has 4 heterocycles. The van der Waals surface area contributed by atoms with Crippen molar-refractivity contribution in [2.45, 2.75) is 43.1 Å². The van der Waals surface area contributed by atoms with Crippen LogP contribution in [0.3, 0.4) is 0 Å². The Morgan fingerprint density at radius 1 is 1.29 bits per heavy atom. The van der Waals surface area contributed by atoms with E-state index in [0.717, 1.165) is 37.6 Å².